The summed E-state index contributed by atoms with van der Waals surface area (Å²) in [5, 5.41) is 6.07. The summed E-state index contributed by atoms with van der Waals surface area (Å²) in [6.45, 7) is 2.63. The molecule has 5 nitrogen and oxygen atoms in total. The number of guanidine groups is 1. The van der Waals surface area contributed by atoms with Crippen LogP contribution in [0.2, 0.25) is 0 Å². The predicted molar refractivity (Wildman–Crippen MR) is 91.3 cm³/mol. The normalized spacial score (nSPS) is 10.8. The van der Waals surface area contributed by atoms with Gasteiger partial charge in [-0.15, -0.1) is 24.0 Å². The van der Waals surface area contributed by atoms with Crippen LogP contribution in [0.15, 0.2) is 39.9 Å². The third-order valence-corrected chi connectivity index (χ3v) is 2.75. The Bertz CT molecular complexity index is 563. The molecule has 1 heterocycles. The average molecular weight is 386 g/mol. The van der Waals surface area contributed by atoms with Crippen molar-refractivity contribution in [2.75, 3.05) is 14.1 Å². The van der Waals surface area contributed by atoms with Crippen molar-refractivity contribution in [2.24, 2.45) is 4.99 Å². The standard InChI is InChI=1S/C14H18N4O.HI/c1-10-4-6-11(7-5-10)13-18-12(9-19-13)8-17-14(15-2)16-3;/h4-7,9H,8H2,1-3H3,(H2,15,16,17);1H. The van der Waals surface area contributed by atoms with Crippen LogP contribution < -0.4 is 10.6 Å². The Kier molecular flexibility index (Phi) is 6.50. The summed E-state index contributed by atoms with van der Waals surface area (Å²) in [5.41, 5.74) is 3.04. The van der Waals surface area contributed by atoms with E-state index in [-0.39, 0.29) is 24.0 Å². The lowest BCUT2D eigenvalue weighted by Gasteiger charge is -2.05. The van der Waals surface area contributed by atoms with Gasteiger partial charge in [-0.05, 0) is 19.1 Å². The van der Waals surface area contributed by atoms with Crippen molar-refractivity contribution in [3.05, 3.63) is 41.8 Å². The van der Waals surface area contributed by atoms with Crippen LogP contribution in [0, 0.1) is 6.92 Å². The van der Waals surface area contributed by atoms with Crippen molar-refractivity contribution >= 4 is 29.9 Å². The Labute approximate surface area is 135 Å². The van der Waals surface area contributed by atoms with Crippen molar-refractivity contribution in [3.63, 3.8) is 0 Å². The molecular formula is C14H19IN4O. The summed E-state index contributed by atoms with van der Waals surface area (Å²) in [6.07, 6.45) is 1.66. The van der Waals surface area contributed by atoms with Crippen molar-refractivity contribution in [1.82, 2.24) is 15.6 Å². The number of rotatable bonds is 3. The molecule has 0 aliphatic heterocycles. The number of oxazole rings is 1. The molecule has 1 aromatic carbocycles. The van der Waals surface area contributed by atoms with Crippen LogP contribution in [0.1, 0.15) is 11.3 Å². The van der Waals surface area contributed by atoms with Gasteiger partial charge in [0.2, 0.25) is 5.89 Å². The minimum absolute atomic E-state index is 0. The highest BCUT2D eigenvalue weighted by Gasteiger charge is 2.06. The summed E-state index contributed by atoms with van der Waals surface area (Å²) < 4.78 is 5.48. The van der Waals surface area contributed by atoms with Gasteiger partial charge >= 0.3 is 0 Å². The van der Waals surface area contributed by atoms with Gasteiger partial charge in [0.25, 0.3) is 0 Å². The smallest absolute Gasteiger partial charge is 0.226 e. The second-order valence-electron chi connectivity index (χ2n) is 4.19. The maximum absolute atomic E-state index is 5.48. The predicted octanol–water partition coefficient (Wildman–Crippen LogP) is 2.56. The molecule has 0 unspecified atom stereocenters. The van der Waals surface area contributed by atoms with E-state index >= 15 is 0 Å². The van der Waals surface area contributed by atoms with E-state index in [1.54, 1.807) is 13.3 Å². The lowest BCUT2D eigenvalue weighted by molar-refractivity contribution is 0.572. The van der Waals surface area contributed by atoms with E-state index in [2.05, 4.69) is 27.5 Å². The van der Waals surface area contributed by atoms with Crippen LogP contribution in [0.3, 0.4) is 0 Å². The maximum atomic E-state index is 5.48. The van der Waals surface area contributed by atoms with Crippen LogP contribution in [-0.2, 0) is 6.54 Å². The molecule has 0 radical (unpaired) electrons. The molecule has 0 aliphatic carbocycles. The number of nitrogens with one attached hydrogen (secondary N) is 2. The van der Waals surface area contributed by atoms with Crippen LogP contribution in [0.5, 0.6) is 0 Å². The molecule has 2 N–H and O–H groups in total. The summed E-state index contributed by atoms with van der Waals surface area (Å²) in [7, 11) is 3.54. The fourth-order valence-corrected chi connectivity index (χ4v) is 1.67. The van der Waals surface area contributed by atoms with E-state index in [4.69, 9.17) is 4.42 Å². The topological polar surface area (TPSA) is 62.5 Å². The highest BCUT2D eigenvalue weighted by molar-refractivity contribution is 14.0. The summed E-state index contributed by atoms with van der Waals surface area (Å²) in [4.78, 5) is 8.47. The third kappa shape index (κ3) is 4.22. The number of aliphatic imine (C=N–C) groups is 1. The Morgan fingerprint density at radius 2 is 2.00 bits per heavy atom. The molecule has 2 rings (SSSR count). The highest BCUT2D eigenvalue weighted by Crippen LogP contribution is 2.18. The lowest BCUT2D eigenvalue weighted by Crippen LogP contribution is -2.34. The summed E-state index contributed by atoms with van der Waals surface area (Å²) in [5.74, 6) is 1.36. The van der Waals surface area contributed by atoms with Gasteiger partial charge in [-0.2, -0.15) is 0 Å². The number of benzene rings is 1. The first-order valence-corrected chi connectivity index (χ1v) is 6.13. The summed E-state index contributed by atoms with van der Waals surface area (Å²) >= 11 is 0. The molecule has 0 amide bonds. The van der Waals surface area contributed by atoms with Crippen LogP contribution in [0.4, 0.5) is 0 Å². The van der Waals surface area contributed by atoms with Crippen molar-refractivity contribution < 1.29 is 4.42 Å². The van der Waals surface area contributed by atoms with Crippen molar-refractivity contribution in [2.45, 2.75) is 13.5 Å². The van der Waals surface area contributed by atoms with E-state index in [0.717, 1.165) is 17.2 Å². The van der Waals surface area contributed by atoms with E-state index in [9.17, 15) is 0 Å². The monoisotopic (exact) mass is 386 g/mol. The first kappa shape index (κ1) is 16.5. The van der Waals surface area contributed by atoms with E-state index in [1.165, 1.54) is 5.56 Å². The minimum atomic E-state index is 0. The van der Waals surface area contributed by atoms with E-state index in [1.807, 2.05) is 31.3 Å². The van der Waals surface area contributed by atoms with Gasteiger partial charge in [-0.25, -0.2) is 4.98 Å². The van der Waals surface area contributed by atoms with Crippen LogP contribution in [0.25, 0.3) is 11.5 Å². The molecule has 0 aliphatic rings. The summed E-state index contributed by atoms with van der Waals surface area (Å²) in [6, 6.07) is 8.09. The largest absolute Gasteiger partial charge is 0.444 e. The molecule has 0 atom stereocenters. The molecule has 0 spiro atoms. The van der Waals surface area contributed by atoms with Gasteiger partial charge in [-0.1, -0.05) is 17.7 Å². The van der Waals surface area contributed by atoms with Gasteiger partial charge in [0.05, 0.1) is 12.2 Å². The molecule has 0 bridgehead atoms. The minimum Gasteiger partial charge on any atom is -0.444 e. The SMILES string of the molecule is CN=C(NC)NCc1coc(-c2ccc(C)cc2)n1.I. The van der Waals surface area contributed by atoms with Gasteiger partial charge in [0.1, 0.15) is 6.26 Å². The Morgan fingerprint density at radius 1 is 1.30 bits per heavy atom. The molecule has 1 aromatic heterocycles. The Hall–Kier alpha value is -1.57. The van der Waals surface area contributed by atoms with Gasteiger partial charge < -0.3 is 15.1 Å². The first-order chi connectivity index (χ1) is 9.22. The van der Waals surface area contributed by atoms with Gasteiger partial charge in [0, 0.05) is 19.7 Å². The molecule has 2 aromatic rings. The van der Waals surface area contributed by atoms with Crippen molar-refractivity contribution in [3.8, 4) is 11.5 Å². The quantitative estimate of drug-likeness (QED) is 0.484. The second-order valence-corrected chi connectivity index (χ2v) is 4.19. The molecule has 0 saturated carbocycles. The fourth-order valence-electron chi connectivity index (χ4n) is 1.67. The molecular weight excluding hydrogens is 367 g/mol. The number of hydrogen-bond donors (Lipinski definition) is 2. The number of aromatic nitrogens is 1. The Balaban J connectivity index is 0.00000200. The molecule has 108 valence electrons. The molecule has 6 heteroatoms. The van der Waals surface area contributed by atoms with E-state index in [0.29, 0.717) is 12.4 Å². The zero-order chi connectivity index (χ0) is 13.7. The zero-order valence-electron chi connectivity index (χ0n) is 11.8. The van der Waals surface area contributed by atoms with Crippen LogP contribution in [-0.4, -0.2) is 25.0 Å². The van der Waals surface area contributed by atoms with E-state index < -0.39 is 0 Å². The average Bonchev–Trinajstić information content (AvgIpc) is 2.89. The fraction of sp³-hybridized carbons (Fsp3) is 0.286. The maximum Gasteiger partial charge on any atom is 0.226 e. The second kappa shape index (κ2) is 7.88. The molecule has 20 heavy (non-hydrogen) atoms. The number of aryl methyl sites for hydroxylation is 1. The third-order valence-electron chi connectivity index (χ3n) is 2.75. The number of hydrogen-bond acceptors (Lipinski definition) is 3. The number of halogens is 1. The van der Waals surface area contributed by atoms with Crippen molar-refractivity contribution in [1.29, 1.82) is 0 Å². The van der Waals surface area contributed by atoms with Gasteiger partial charge in [0.15, 0.2) is 5.96 Å². The highest BCUT2D eigenvalue weighted by atomic mass is 127. The Morgan fingerprint density at radius 3 is 2.60 bits per heavy atom. The first-order valence-electron chi connectivity index (χ1n) is 6.13. The zero-order valence-corrected chi connectivity index (χ0v) is 14.1. The molecule has 0 fully saturated rings. The number of nitrogens with zero attached hydrogens (tertiary/aromatic N) is 2. The molecule has 0 saturated heterocycles. The van der Waals surface area contributed by atoms with Crippen LogP contribution >= 0.6 is 24.0 Å². The van der Waals surface area contributed by atoms with Gasteiger partial charge in [-0.3, -0.25) is 4.99 Å². The lowest BCUT2D eigenvalue weighted by atomic mass is 10.1.